The maximum Gasteiger partial charge on any atom is 0.341 e. The Labute approximate surface area is 171 Å². The molecule has 0 spiro atoms. The van der Waals surface area contributed by atoms with Crippen molar-refractivity contribution in [1.29, 1.82) is 0 Å². The lowest BCUT2D eigenvalue weighted by Gasteiger charge is -2.33. The molecule has 1 aliphatic rings. The van der Waals surface area contributed by atoms with Gasteiger partial charge in [-0.05, 0) is 47.4 Å². The number of piperidine rings is 1. The highest BCUT2D eigenvalue weighted by Gasteiger charge is 2.27. The number of carboxylic acids is 1. The first kappa shape index (κ1) is 20.6. The number of rotatable bonds is 9. The number of carbonyl (C=O) groups is 2. The third kappa shape index (κ3) is 5.92. The molecule has 3 rings (SSSR count). The summed E-state index contributed by atoms with van der Waals surface area (Å²) in [6.07, 6.45) is 5.92. The van der Waals surface area contributed by atoms with Crippen molar-refractivity contribution in [2.24, 2.45) is 0 Å². The van der Waals surface area contributed by atoms with Crippen LogP contribution in [0.4, 0.5) is 0 Å². The van der Waals surface area contributed by atoms with Gasteiger partial charge in [-0.25, -0.2) is 4.79 Å². The van der Waals surface area contributed by atoms with E-state index in [0.717, 1.165) is 23.3 Å². The van der Waals surface area contributed by atoms with Gasteiger partial charge >= 0.3 is 5.97 Å². The first-order chi connectivity index (χ1) is 13.5. The van der Waals surface area contributed by atoms with E-state index in [2.05, 4.69) is 0 Å². The largest absolute Gasteiger partial charge is 0.479 e. The Hall–Kier alpha value is -2.16. The monoisotopic (exact) mass is 421 g/mol. The number of hydrogen-bond donors (Lipinski definition) is 2. The molecule has 1 amide bonds. The first-order valence-corrected chi connectivity index (χ1v) is 10.9. The van der Waals surface area contributed by atoms with Crippen molar-refractivity contribution in [3.63, 3.8) is 0 Å². The molecule has 0 aliphatic carbocycles. The summed E-state index contributed by atoms with van der Waals surface area (Å²) in [6, 6.07) is 5.53. The van der Waals surface area contributed by atoms with E-state index in [1.807, 2.05) is 33.9 Å². The molecule has 2 N–H and O–H groups in total. The fourth-order valence-corrected chi connectivity index (χ4v) is 4.68. The van der Waals surface area contributed by atoms with Gasteiger partial charge in [-0.3, -0.25) is 4.79 Å². The second-order valence-corrected chi connectivity index (χ2v) is 8.58. The molecule has 8 heteroatoms. The van der Waals surface area contributed by atoms with Crippen LogP contribution in [0.5, 0.6) is 5.06 Å². The quantitative estimate of drug-likeness (QED) is 0.607. The molecule has 1 saturated heterocycles. The summed E-state index contributed by atoms with van der Waals surface area (Å²) >= 11 is 2.95. The molecule has 2 aromatic heterocycles. The smallest absolute Gasteiger partial charge is 0.341 e. The third-order valence-corrected chi connectivity index (χ3v) is 6.21. The van der Waals surface area contributed by atoms with E-state index in [9.17, 15) is 14.7 Å². The maximum absolute atomic E-state index is 12.5. The molecule has 150 valence electrons. The minimum atomic E-state index is -1.02. The van der Waals surface area contributed by atoms with E-state index in [4.69, 9.17) is 9.84 Å². The number of aliphatic carboxylic acids is 1. The van der Waals surface area contributed by atoms with Crippen molar-refractivity contribution >= 4 is 34.6 Å². The van der Waals surface area contributed by atoms with E-state index in [0.29, 0.717) is 24.4 Å². The highest BCUT2D eigenvalue weighted by Crippen LogP contribution is 2.29. The van der Waals surface area contributed by atoms with Crippen LogP contribution in [0.3, 0.4) is 0 Å². The van der Waals surface area contributed by atoms with Gasteiger partial charge < -0.3 is 19.8 Å². The van der Waals surface area contributed by atoms with Crippen LogP contribution in [0.25, 0.3) is 0 Å². The molecule has 2 aromatic rings. The van der Waals surface area contributed by atoms with Crippen LogP contribution < -0.4 is 4.74 Å². The van der Waals surface area contributed by atoms with Gasteiger partial charge in [-0.1, -0.05) is 12.2 Å². The standard InChI is InChI=1S/C20H23NO5S2/c22-16(10-14-8-9-27-13-14)5-4-15-2-1-3-18(23)21(15)11-17-6-7-20(28-17)26-12-19(24)25/h4-9,13,15-16,22H,1-3,10-12H2,(H,24,25)/b5-4+/t15-,16?/m1/s1. The van der Waals surface area contributed by atoms with Crippen molar-refractivity contribution in [2.45, 2.75) is 44.4 Å². The number of hydrogen-bond acceptors (Lipinski definition) is 6. The van der Waals surface area contributed by atoms with Gasteiger partial charge in [-0.2, -0.15) is 11.3 Å². The molecule has 2 atom stereocenters. The average molecular weight is 422 g/mol. The van der Waals surface area contributed by atoms with Crippen molar-refractivity contribution < 1.29 is 24.5 Å². The van der Waals surface area contributed by atoms with Gasteiger partial charge in [0.1, 0.15) is 0 Å². The molecule has 1 fully saturated rings. The number of aliphatic hydroxyl groups excluding tert-OH is 1. The van der Waals surface area contributed by atoms with Gasteiger partial charge in [0.05, 0.1) is 18.7 Å². The van der Waals surface area contributed by atoms with Gasteiger partial charge in [0.25, 0.3) is 0 Å². The zero-order valence-electron chi connectivity index (χ0n) is 15.3. The topological polar surface area (TPSA) is 87.1 Å². The van der Waals surface area contributed by atoms with E-state index in [1.54, 1.807) is 23.5 Å². The predicted molar refractivity (Wildman–Crippen MR) is 109 cm³/mol. The average Bonchev–Trinajstić information content (AvgIpc) is 3.32. The molecular weight excluding hydrogens is 398 g/mol. The van der Waals surface area contributed by atoms with Crippen LogP contribution >= 0.6 is 22.7 Å². The second kappa shape index (κ2) is 9.86. The lowest BCUT2D eigenvalue weighted by atomic mass is 10.00. The number of ether oxygens (including phenoxy) is 1. The summed E-state index contributed by atoms with van der Waals surface area (Å²) in [5.74, 6) is -0.929. The third-order valence-electron chi connectivity index (χ3n) is 4.49. The summed E-state index contributed by atoms with van der Waals surface area (Å²) in [7, 11) is 0. The summed E-state index contributed by atoms with van der Waals surface area (Å²) < 4.78 is 5.19. The second-order valence-electron chi connectivity index (χ2n) is 6.67. The number of carbonyl (C=O) groups excluding carboxylic acids is 1. The maximum atomic E-state index is 12.5. The summed E-state index contributed by atoms with van der Waals surface area (Å²) in [4.78, 5) is 25.8. The number of nitrogens with zero attached hydrogens (tertiary/aromatic N) is 1. The lowest BCUT2D eigenvalue weighted by molar-refractivity contribution is -0.139. The molecule has 0 saturated carbocycles. The van der Waals surface area contributed by atoms with Crippen LogP contribution in [0, 0.1) is 0 Å². The van der Waals surface area contributed by atoms with Crippen LogP contribution in [-0.4, -0.2) is 45.7 Å². The van der Waals surface area contributed by atoms with Gasteiger partial charge in [0.2, 0.25) is 5.91 Å². The zero-order valence-corrected chi connectivity index (χ0v) is 17.0. The molecule has 3 heterocycles. The van der Waals surface area contributed by atoms with Crippen LogP contribution in [0.15, 0.2) is 41.1 Å². The fourth-order valence-electron chi connectivity index (χ4n) is 3.15. The summed E-state index contributed by atoms with van der Waals surface area (Å²) in [5.41, 5.74) is 1.10. The number of thiophene rings is 2. The zero-order chi connectivity index (χ0) is 19.9. The number of aliphatic hydroxyl groups is 1. The Balaban J connectivity index is 1.61. The van der Waals surface area contributed by atoms with Crippen molar-refractivity contribution in [3.05, 3.63) is 51.6 Å². The molecular formula is C20H23NO5S2. The predicted octanol–water partition coefficient (Wildman–Crippen LogP) is 3.31. The Bertz CT molecular complexity index is 814. The number of amides is 1. The molecule has 0 aromatic carbocycles. The molecule has 1 aliphatic heterocycles. The lowest BCUT2D eigenvalue weighted by Crippen LogP contribution is -2.41. The van der Waals surface area contributed by atoms with Crippen LogP contribution in [0.1, 0.15) is 29.7 Å². The van der Waals surface area contributed by atoms with E-state index in [-0.39, 0.29) is 18.6 Å². The SMILES string of the molecule is O=C(O)COc1ccc(CN2C(=O)CCC[C@@H]2/C=C/C(O)Cc2ccsc2)s1. The van der Waals surface area contributed by atoms with E-state index < -0.39 is 12.1 Å². The normalized spacial score (nSPS) is 18.5. The summed E-state index contributed by atoms with van der Waals surface area (Å²) in [5, 5.41) is 23.5. The van der Waals surface area contributed by atoms with E-state index >= 15 is 0 Å². The first-order valence-electron chi connectivity index (χ1n) is 9.11. The van der Waals surface area contributed by atoms with Crippen molar-refractivity contribution in [2.75, 3.05) is 6.61 Å². The summed E-state index contributed by atoms with van der Waals surface area (Å²) in [6.45, 7) is 0.0749. The van der Waals surface area contributed by atoms with Gasteiger partial charge in [0, 0.05) is 17.7 Å². The Morgan fingerprint density at radius 3 is 3.00 bits per heavy atom. The highest BCUT2D eigenvalue weighted by atomic mass is 32.1. The Morgan fingerprint density at radius 1 is 1.39 bits per heavy atom. The number of likely N-dealkylation sites (tertiary alicyclic amines) is 1. The van der Waals surface area contributed by atoms with Crippen LogP contribution in [0.2, 0.25) is 0 Å². The Kier molecular flexibility index (Phi) is 7.24. The van der Waals surface area contributed by atoms with Gasteiger partial charge in [0.15, 0.2) is 11.7 Å². The van der Waals surface area contributed by atoms with Crippen LogP contribution in [-0.2, 0) is 22.6 Å². The van der Waals surface area contributed by atoms with Gasteiger partial charge in [-0.15, -0.1) is 11.3 Å². The minimum absolute atomic E-state index is 0.0520. The molecule has 6 nitrogen and oxygen atoms in total. The molecule has 0 radical (unpaired) electrons. The molecule has 28 heavy (non-hydrogen) atoms. The molecule has 1 unspecified atom stereocenters. The minimum Gasteiger partial charge on any atom is -0.479 e. The van der Waals surface area contributed by atoms with Crippen molar-refractivity contribution in [1.82, 2.24) is 4.90 Å². The molecule has 0 bridgehead atoms. The highest BCUT2D eigenvalue weighted by molar-refractivity contribution is 7.13. The fraction of sp³-hybridized carbons (Fsp3) is 0.400. The van der Waals surface area contributed by atoms with E-state index in [1.165, 1.54) is 11.3 Å². The van der Waals surface area contributed by atoms with Crippen molar-refractivity contribution in [3.8, 4) is 5.06 Å². The Morgan fingerprint density at radius 2 is 2.25 bits per heavy atom. The number of carboxylic acid groups (broad SMARTS) is 1.